The SMILES string of the molecule is CC1(C)OC2OC3C(O[P+]([O-])(N(CCCl)CCCl)O[C@H]3c3ccc(Cl)cc3)C2O1. The lowest BCUT2D eigenvalue weighted by Crippen LogP contribution is -2.50. The number of nitrogens with zero attached hydrogens (tertiary/aromatic N) is 1. The topological polar surface area (TPSA) is 72.5 Å². The van der Waals surface area contributed by atoms with E-state index in [-0.39, 0.29) is 11.8 Å². The molecule has 4 rings (SSSR count). The van der Waals surface area contributed by atoms with E-state index in [1.165, 1.54) is 0 Å². The Morgan fingerprint density at radius 3 is 2.28 bits per heavy atom. The molecule has 3 aliphatic rings. The lowest BCUT2D eigenvalue weighted by molar-refractivity contribution is -0.281. The highest BCUT2D eigenvalue weighted by atomic mass is 35.5. The summed E-state index contributed by atoms with van der Waals surface area (Å²) in [4.78, 5) is 13.8. The summed E-state index contributed by atoms with van der Waals surface area (Å²) in [5.74, 6) is -0.321. The summed E-state index contributed by atoms with van der Waals surface area (Å²) < 4.78 is 31.6. The molecule has 7 nitrogen and oxygen atoms in total. The van der Waals surface area contributed by atoms with E-state index in [4.69, 9.17) is 58.1 Å². The second-order valence-electron chi connectivity index (χ2n) is 7.52. The van der Waals surface area contributed by atoms with Gasteiger partial charge >= 0.3 is 8.09 Å². The van der Waals surface area contributed by atoms with Gasteiger partial charge in [0.25, 0.3) is 0 Å². The van der Waals surface area contributed by atoms with E-state index in [0.29, 0.717) is 18.1 Å². The van der Waals surface area contributed by atoms with E-state index in [0.717, 1.165) is 5.56 Å². The van der Waals surface area contributed by atoms with Gasteiger partial charge < -0.3 is 19.1 Å². The van der Waals surface area contributed by atoms with Gasteiger partial charge in [0.15, 0.2) is 24.3 Å². The molecular formula is C18H23Cl3NO6P. The Balaban J connectivity index is 1.68. The molecule has 0 amide bonds. The fraction of sp³-hybridized carbons (Fsp3) is 0.667. The molecular weight excluding hydrogens is 464 g/mol. The van der Waals surface area contributed by atoms with Crippen LogP contribution in [0.2, 0.25) is 5.02 Å². The molecule has 1 aromatic rings. The van der Waals surface area contributed by atoms with Crippen LogP contribution in [0, 0.1) is 0 Å². The molecule has 0 bridgehead atoms. The van der Waals surface area contributed by atoms with Crippen molar-refractivity contribution in [2.24, 2.45) is 0 Å². The third kappa shape index (κ3) is 4.43. The highest BCUT2D eigenvalue weighted by molar-refractivity contribution is 7.56. The first-order valence-corrected chi connectivity index (χ1v) is 12.3. The van der Waals surface area contributed by atoms with Crippen molar-refractivity contribution in [1.82, 2.24) is 4.67 Å². The maximum Gasteiger partial charge on any atom is 0.316 e. The number of hydrogen-bond donors (Lipinski definition) is 0. The molecule has 0 radical (unpaired) electrons. The second-order valence-corrected chi connectivity index (χ2v) is 10.6. The molecule has 29 heavy (non-hydrogen) atoms. The van der Waals surface area contributed by atoms with Gasteiger partial charge in [0.2, 0.25) is 0 Å². The summed E-state index contributed by atoms with van der Waals surface area (Å²) in [6, 6.07) is 7.13. The Kier molecular flexibility index (Phi) is 6.69. The van der Waals surface area contributed by atoms with Crippen molar-refractivity contribution in [2.75, 3.05) is 24.8 Å². The molecule has 5 unspecified atom stereocenters. The van der Waals surface area contributed by atoms with Gasteiger partial charge in [0.05, 0.1) is 13.1 Å². The van der Waals surface area contributed by atoms with Crippen LogP contribution in [-0.4, -0.2) is 59.9 Å². The predicted molar refractivity (Wildman–Crippen MR) is 109 cm³/mol. The molecule has 0 spiro atoms. The van der Waals surface area contributed by atoms with Crippen LogP contribution >= 0.6 is 42.9 Å². The monoisotopic (exact) mass is 485 g/mol. The van der Waals surface area contributed by atoms with E-state index in [1.54, 1.807) is 30.7 Å². The zero-order valence-corrected chi connectivity index (χ0v) is 19.2. The van der Waals surface area contributed by atoms with E-state index < -0.39 is 44.6 Å². The molecule has 3 fully saturated rings. The van der Waals surface area contributed by atoms with E-state index in [2.05, 4.69) is 0 Å². The van der Waals surface area contributed by atoms with Crippen LogP contribution in [-0.2, 0) is 23.3 Å². The predicted octanol–water partition coefficient (Wildman–Crippen LogP) is 3.49. The summed E-state index contributed by atoms with van der Waals surface area (Å²) in [6.07, 6.45) is -3.03. The lowest BCUT2D eigenvalue weighted by atomic mass is 9.99. The molecule has 3 heterocycles. The van der Waals surface area contributed by atoms with Gasteiger partial charge in [-0.1, -0.05) is 23.7 Å². The van der Waals surface area contributed by atoms with Crippen molar-refractivity contribution < 1.29 is 28.2 Å². The largest absolute Gasteiger partial charge is 0.616 e. The van der Waals surface area contributed by atoms with Gasteiger partial charge in [0, 0.05) is 16.8 Å². The maximum absolute atomic E-state index is 13.8. The van der Waals surface area contributed by atoms with Crippen LogP contribution in [0.25, 0.3) is 0 Å². The van der Waals surface area contributed by atoms with Crippen molar-refractivity contribution in [3.8, 4) is 0 Å². The molecule has 6 atom stereocenters. The molecule has 3 aliphatic heterocycles. The van der Waals surface area contributed by atoms with Crippen LogP contribution in [0.5, 0.6) is 0 Å². The summed E-state index contributed by atoms with van der Waals surface area (Å²) in [6.45, 7) is 4.20. The number of benzene rings is 1. The van der Waals surface area contributed by atoms with Crippen LogP contribution in [0.4, 0.5) is 0 Å². The van der Waals surface area contributed by atoms with E-state index in [1.807, 2.05) is 12.1 Å². The number of fused-ring (bicyclic) bond motifs is 3. The zero-order chi connectivity index (χ0) is 20.8. The molecule has 0 aliphatic carbocycles. The number of halogens is 3. The first kappa shape index (κ1) is 22.4. The minimum atomic E-state index is -3.74. The van der Waals surface area contributed by atoms with Crippen LogP contribution in [0.15, 0.2) is 24.3 Å². The molecule has 0 aromatic heterocycles. The van der Waals surface area contributed by atoms with Crippen molar-refractivity contribution in [2.45, 2.75) is 50.3 Å². The Bertz CT molecular complexity index is 722. The minimum Gasteiger partial charge on any atom is -0.616 e. The number of rotatable bonds is 6. The van der Waals surface area contributed by atoms with Crippen molar-refractivity contribution in [1.29, 1.82) is 0 Å². The molecule has 0 N–H and O–H groups in total. The van der Waals surface area contributed by atoms with Crippen LogP contribution < -0.4 is 4.89 Å². The number of ether oxygens (including phenoxy) is 3. The van der Waals surface area contributed by atoms with Crippen LogP contribution in [0.1, 0.15) is 25.5 Å². The Labute approximate surface area is 185 Å². The van der Waals surface area contributed by atoms with Crippen molar-refractivity contribution in [3.63, 3.8) is 0 Å². The van der Waals surface area contributed by atoms with Gasteiger partial charge in [-0.25, -0.2) is 0 Å². The smallest absolute Gasteiger partial charge is 0.316 e. The molecule has 0 saturated carbocycles. The van der Waals surface area contributed by atoms with Gasteiger partial charge in [-0.05, 0) is 31.5 Å². The summed E-state index contributed by atoms with van der Waals surface area (Å²) >= 11 is 17.9. The maximum atomic E-state index is 13.8. The Morgan fingerprint density at radius 1 is 1.00 bits per heavy atom. The first-order valence-electron chi connectivity index (χ1n) is 9.37. The third-order valence-electron chi connectivity index (χ3n) is 5.06. The standard InChI is InChI=1S/C18H23Cl3NO6P/c1-18(2)25-16-15-14(24-17(16)26-18)13(11-3-5-12(21)6-4-11)27-29(23,28-15)22(9-7-19)10-8-20/h3-6,13-17H,7-10H2,1-2H3/t13-,14?,15?,16?,17?,29?/m0/s1. The molecule has 3 saturated heterocycles. The second kappa shape index (κ2) is 8.64. The van der Waals surface area contributed by atoms with Crippen molar-refractivity contribution in [3.05, 3.63) is 34.9 Å². The Hall–Kier alpha value is 0.240. The average Bonchev–Trinajstić information content (AvgIpc) is 3.14. The van der Waals surface area contributed by atoms with Crippen LogP contribution in [0.3, 0.4) is 0 Å². The summed E-state index contributed by atoms with van der Waals surface area (Å²) in [7, 11) is -3.74. The third-order valence-corrected chi connectivity index (χ3v) is 7.74. The van der Waals surface area contributed by atoms with Gasteiger partial charge in [-0.15, -0.1) is 27.9 Å². The van der Waals surface area contributed by atoms with Gasteiger partial charge in [-0.3, -0.25) is 0 Å². The summed E-state index contributed by atoms with van der Waals surface area (Å²) in [5, 5.41) is 0.587. The summed E-state index contributed by atoms with van der Waals surface area (Å²) in [5.41, 5.74) is 0.767. The normalized spacial score (nSPS) is 38.2. The number of hydrogen-bond acceptors (Lipinski definition) is 7. The van der Waals surface area contributed by atoms with Gasteiger partial charge in [0.1, 0.15) is 12.2 Å². The van der Waals surface area contributed by atoms with E-state index >= 15 is 0 Å². The molecule has 1 aromatic carbocycles. The first-order chi connectivity index (χ1) is 13.8. The van der Waals surface area contributed by atoms with E-state index in [9.17, 15) is 4.89 Å². The average molecular weight is 487 g/mol. The quantitative estimate of drug-likeness (QED) is 0.450. The lowest BCUT2D eigenvalue weighted by Gasteiger charge is -2.45. The number of alkyl halides is 2. The highest BCUT2D eigenvalue weighted by Crippen LogP contribution is 2.66. The molecule has 11 heteroatoms. The highest BCUT2D eigenvalue weighted by Gasteiger charge is 2.65. The fourth-order valence-corrected chi connectivity index (χ4v) is 6.69. The fourth-order valence-electron chi connectivity index (χ4n) is 3.84. The molecule has 162 valence electrons. The van der Waals surface area contributed by atoms with Crippen molar-refractivity contribution >= 4 is 42.9 Å². The zero-order valence-electron chi connectivity index (χ0n) is 16.0. The minimum absolute atomic E-state index is 0.252. The Morgan fingerprint density at radius 2 is 1.66 bits per heavy atom. The van der Waals surface area contributed by atoms with Gasteiger partial charge in [-0.2, -0.15) is 9.05 Å².